The predicted octanol–water partition coefficient (Wildman–Crippen LogP) is 14.8. The number of hydrogen-bond donors (Lipinski definition) is 2. The van der Waals surface area contributed by atoms with Crippen LogP contribution in [-0.4, -0.2) is 49.3 Å². The van der Waals surface area contributed by atoms with Crippen LogP contribution in [0.2, 0.25) is 0 Å². The number of rotatable bonds is 45. The lowest BCUT2D eigenvalue weighted by atomic mass is 10.1. The van der Waals surface area contributed by atoms with Gasteiger partial charge in [-0.3, -0.25) is 18.6 Å². The second kappa shape index (κ2) is 47.7. The molecule has 0 bridgehead atoms. The summed E-state index contributed by atoms with van der Waals surface area (Å²) in [7, 11) is -4.38. The average molecular weight is 888 g/mol. The van der Waals surface area contributed by atoms with Crippen LogP contribution in [0.1, 0.15) is 200 Å². The summed E-state index contributed by atoms with van der Waals surface area (Å²) >= 11 is 0. The van der Waals surface area contributed by atoms with Crippen molar-refractivity contribution in [1.29, 1.82) is 0 Å². The largest absolute Gasteiger partial charge is 0.472 e. The van der Waals surface area contributed by atoms with Crippen molar-refractivity contribution in [2.24, 2.45) is 5.73 Å². The third-order valence-corrected chi connectivity index (χ3v) is 11.0. The fourth-order valence-corrected chi connectivity index (χ4v) is 7.20. The smallest absolute Gasteiger partial charge is 0.462 e. The molecule has 62 heavy (non-hydrogen) atoms. The topological polar surface area (TPSA) is 134 Å². The predicted molar refractivity (Wildman–Crippen MR) is 261 cm³/mol. The van der Waals surface area contributed by atoms with E-state index >= 15 is 0 Å². The number of nitrogens with two attached hydrogens (primary N) is 1. The summed E-state index contributed by atoms with van der Waals surface area (Å²) in [6, 6.07) is 0. The third kappa shape index (κ3) is 46.7. The normalized spacial score (nSPS) is 13.9. The van der Waals surface area contributed by atoms with Crippen LogP contribution in [0.15, 0.2) is 85.1 Å². The maximum absolute atomic E-state index is 12.6. The van der Waals surface area contributed by atoms with Gasteiger partial charge >= 0.3 is 19.8 Å². The standard InChI is InChI=1S/C52H90NO8P/c1-3-5-7-9-11-13-15-16-17-18-19-20-21-22-23-24-25-26-27-28-29-30-31-32-33-34-35-37-39-41-43-45-52(55)61-50(49-60-62(56,57)59-47-46-53)48-58-51(54)44-42-40-38-36-14-12-10-8-6-4-2/h5,7,11,13,16-17,19-20,22-23,25-26,28-29,50H,3-4,6,8-10,12,14-15,18,21,24,27,30-49,53H2,1-2H3,(H,56,57)/b7-5-,13-11-,17-16-,20-19-,23-22-,26-25-,29-28-. The maximum atomic E-state index is 12.6. The van der Waals surface area contributed by atoms with E-state index < -0.39 is 26.5 Å². The molecule has 0 fully saturated rings. The van der Waals surface area contributed by atoms with E-state index in [1.165, 1.54) is 77.0 Å². The Balaban J connectivity index is 4.00. The number of ether oxygens (including phenoxy) is 2. The number of hydrogen-bond acceptors (Lipinski definition) is 8. The van der Waals surface area contributed by atoms with Crippen molar-refractivity contribution in [2.75, 3.05) is 26.4 Å². The van der Waals surface area contributed by atoms with Crippen molar-refractivity contribution < 1.29 is 37.6 Å². The van der Waals surface area contributed by atoms with Gasteiger partial charge < -0.3 is 20.1 Å². The Morgan fingerprint density at radius 1 is 0.500 bits per heavy atom. The van der Waals surface area contributed by atoms with E-state index in [2.05, 4.69) is 98.9 Å². The molecule has 0 aromatic heterocycles. The van der Waals surface area contributed by atoms with Crippen molar-refractivity contribution in [1.82, 2.24) is 0 Å². The second-order valence-electron chi connectivity index (χ2n) is 16.0. The van der Waals surface area contributed by atoms with Crippen LogP contribution in [0.5, 0.6) is 0 Å². The molecule has 0 aliphatic carbocycles. The molecular weight excluding hydrogens is 798 g/mol. The van der Waals surface area contributed by atoms with Gasteiger partial charge in [0.15, 0.2) is 6.10 Å². The first-order chi connectivity index (χ1) is 30.3. The van der Waals surface area contributed by atoms with Gasteiger partial charge in [0.05, 0.1) is 13.2 Å². The molecule has 0 saturated heterocycles. The van der Waals surface area contributed by atoms with Gasteiger partial charge in [-0.05, 0) is 70.6 Å². The molecule has 0 rings (SSSR count). The van der Waals surface area contributed by atoms with Crippen LogP contribution in [-0.2, 0) is 32.7 Å². The zero-order chi connectivity index (χ0) is 45.3. The number of allylic oxidation sites excluding steroid dienone is 14. The summed E-state index contributed by atoms with van der Waals surface area (Å²) in [6.07, 6.45) is 60.6. The Bertz CT molecular complexity index is 1290. The van der Waals surface area contributed by atoms with Crippen molar-refractivity contribution >= 4 is 19.8 Å². The highest BCUT2D eigenvalue weighted by molar-refractivity contribution is 7.47. The fraction of sp³-hybridized carbons (Fsp3) is 0.692. The van der Waals surface area contributed by atoms with Gasteiger partial charge in [-0.1, -0.05) is 202 Å². The Hall–Kier alpha value is -2.81. The van der Waals surface area contributed by atoms with Crippen LogP contribution < -0.4 is 5.73 Å². The summed E-state index contributed by atoms with van der Waals surface area (Å²) in [5.74, 6) is -0.840. The zero-order valence-corrected chi connectivity index (χ0v) is 40.2. The summed E-state index contributed by atoms with van der Waals surface area (Å²) < 4.78 is 32.8. The lowest BCUT2D eigenvalue weighted by Crippen LogP contribution is -2.29. The third-order valence-electron chi connectivity index (χ3n) is 10.0. The molecule has 9 nitrogen and oxygen atoms in total. The SMILES string of the molecule is CC/C=C\C/C=C\C/C=C\C/C=C\C/C=C\C/C=C\C/C=C\CCCCCCCCCCCC(=O)OC(COC(=O)CCCCCCCCCCCC)COP(=O)(O)OCCN. The first-order valence-corrected chi connectivity index (χ1v) is 26.1. The summed E-state index contributed by atoms with van der Waals surface area (Å²) in [5, 5.41) is 0. The lowest BCUT2D eigenvalue weighted by molar-refractivity contribution is -0.161. The molecule has 356 valence electrons. The molecule has 10 heteroatoms. The minimum Gasteiger partial charge on any atom is -0.462 e. The fourth-order valence-electron chi connectivity index (χ4n) is 6.44. The minimum absolute atomic E-state index is 0.0496. The highest BCUT2D eigenvalue weighted by atomic mass is 31.2. The Morgan fingerprint density at radius 3 is 1.32 bits per heavy atom. The van der Waals surface area contributed by atoms with Crippen molar-refractivity contribution in [3.8, 4) is 0 Å². The molecule has 0 aliphatic rings. The molecule has 0 aromatic carbocycles. The first kappa shape index (κ1) is 59.2. The van der Waals surface area contributed by atoms with Crippen LogP contribution in [0.3, 0.4) is 0 Å². The van der Waals surface area contributed by atoms with Crippen LogP contribution in [0.4, 0.5) is 0 Å². The van der Waals surface area contributed by atoms with E-state index in [0.29, 0.717) is 6.42 Å². The van der Waals surface area contributed by atoms with Gasteiger partial charge in [-0.2, -0.15) is 0 Å². The van der Waals surface area contributed by atoms with E-state index in [0.717, 1.165) is 89.9 Å². The van der Waals surface area contributed by atoms with Crippen molar-refractivity contribution in [2.45, 2.75) is 206 Å². The molecule has 0 saturated carbocycles. The molecular formula is C52H90NO8P. The summed E-state index contributed by atoms with van der Waals surface area (Å²) in [5.41, 5.74) is 5.35. The highest BCUT2D eigenvalue weighted by Crippen LogP contribution is 2.43. The zero-order valence-electron chi connectivity index (χ0n) is 39.3. The van der Waals surface area contributed by atoms with Crippen LogP contribution in [0.25, 0.3) is 0 Å². The van der Waals surface area contributed by atoms with Gasteiger partial charge in [-0.15, -0.1) is 0 Å². The van der Waals surface area contributed by atoms with Gasteiger partial charge in [0.25, 0.3) is 0 Å². The quantitative estimate of drug-likeness (QED) is 0.0265. The van der Waals surface area contributed by atoms with Gasteiger partial charge in [0, 0.05) is 19.4 Å². The van der Waals surface area contributed by atoms with E-state index in [1.807, 2.05) is 0 Å². The van der Waals surface area contributed by atoms with Crippen molar-refractivity contribution in [3.05, 3.63) is 85.1 Å². The van der Waals surface area contributed by atoms with Gasteiger partial charge in [0.2, 0.25) is 0 Å². The summed E-state index contributed by atoms with van der Waals surface area (Å²) in [4.78, 5) is 34.9. The summed E-state index contributed by atoms with van der Waals surface area (Å²) in [6.45, 7) is 3.59. The number of phosphoric acid groups is 1. The minimum atomic E-state index is -4.38. The average Bonchev–Trinajstić information content (AvgIpc) is 3.26. The molecule has 0 radical (unpaired) electrons. The first-order valence-electron chi connectivity index (χ1n) is 24.6. The monoisotopic (exact) mass is 888 g/mol. The molecule has 3 N–H and O–H groups in total. The van der Waals surface area contributed by atoms with Gasteiger partial charge in [0.1, 0.15) is 6.61 Å². The molecule has 0 aromatic rings. The Morgan fingerprint density at radius 2 is 0.887 bits per heavy atom. The number of unbranched alkanes of at least 4 members (excludes halogenated alkanes) is 18. The molecule has 0 heterocycles. The molecule has 2 unspecified atom stereocenters. The number of carbonyl (C=O) groups excluding carboxylic acids is 2. The molecule has 0 aliphatic heterocycles. The van der Waals surface area contributed by atoms with E-state index in [1.54, 1.807) is 0 Å². The molecule has 0 amide bonds. The van der Waals surface area contributed by atoms with Gasteiger partial charge in [-0.25, -0.2) is 4.57 Å². The highest BCUT2D eigenvalue weighted by Gasteiger charge is 2.26. The molecule has 0 spiro atoms. The second-order valence-corrected chi connectivity index (χ2v) is 17.4. The van der Waals surface area contributed by atoms with Crippen LogP contribution in [0, 0.1) is 0 Å². The Labute approximate surface area is 379 Å². The Kier molecular flexibility index (Phi) is 45.5. The molecule has 2 atom stereocenters. The van der Waals surface area contributed by atoms with Crippen molar-refractivity contribution in [3.63, 3.8) is 0 Å². The number of esters is 2. The van der Waals surface area contributed by atoms with E-state index in [4.69, 9.17) is 24.3 Å². The number of phosphoric ester groups is 1. The lowest BCUT2D eigenvalue weighted by Gasteiger charge is -2.19. The van der Waals surface area contributed by atoms with E-state index in [-0.39, 0.29) is 38.6 Å². The van der Waals surface area contributed by atoms with Crippen LogP contribution >= 0.6 is 7.82 Å². The van der Waals surface area contributed by atoms with E-state index in [9.17, 15) is 19.0 Å². The number of carbonyl (C=O) groups is 2. The maximum Gasteiger partial charge on any atom is 0.472 e.